The first-order valence-electron chi connectivity index (χ1n) is 14.9. The lowest BCUT2D eigenvalue weighted by molar-refractivity contribution is -0.145. The van der Waals surface area contributed by atoms with Gasteiger partial charge in [-0.05, 0) is 30.4 Å². The molecule has 14 heteroatoms. The van der Waals surface area contributed by atoms with E-state index in [2.05, 4.69) is 21.3 Å². The highest BCUT2D eigenvalue weighted by Gasteiger charge is 2.33. The zero-order chi connectivity index (χ0) is 34.4. The zero-order valence-electron chi connectivity index (χ0n) is 26.0. The van der Waals surface area contributed by atoms with Gasteiger partial charge in [-0.1, -0.05) is 74.5 Å². The number of amides is 4. The summed E-state index contributed by atoms with van der Waals surface area (Å²) >= 11 is 0. The number of aliphatic carboxylic acids is 2. The second-order valence-corrected chi connectivity index (χ2v) is 11.3. The van der Waals surface area contributed by atoms with Gasteiger partial charge >= 0.3 is 11.9 Å². The van der Waals surface area contributed by atoms with Gasteiger partial charge < -0.3 is 42.3 Å². The molecule has 0 aromatic heterocycles. The SMILES string of the molecule is CC(C)C(N)C(=O)NC(CCC(=O)O)C(=O)NC(Cc1ccccc1)C(=O)NC(Cc1ccccc1)C(=O)NC(C(=O)O)C(C)O. The van der Waals surface area contributed by atoms with Crippen molar-refractivity contribution in [1.29, 1.82) is 0 Å². The van der Waals surface area contributed by atoms with Gasteiger partial charge in [0.25, 0.3) is 0 Å². The van der Waals surface area contributed by atoms with E-state index in [1.807, 2.05) is 0 Å². The minimum absolute atomic E-state index is 0.0470. The Morgan fingerprint density at radius 3 is 1.46 bits per heavy atom. The molecule has 2 aromatic rings. The van der Waals surface area contributed by atoms with E-state index in [1.54, 1.807) is 74.5 Å². The highest BCUT2D eigenvalue weighted by molar-refractivity contribution is 5.96. The van der Waals surface area contributed by atoms with E-state index in [0.717, 1.165) is 0 Å². The van der Waals surface area contributed by atoms with Crippen molar-refractivity contribution in [2.75, 3.05) is 0 Å². The molecule has 46 heavy (non-hydrogen) atoms. The van der Waals surface area contributed by atoms with Crippen LogP contribution in [0.15, 0.2) is 60.7 Å². The summed E-state index contributed by atoms with van der Waals surface area (Å²) in [6.45, 7) is 4.61. The first-order chi connectivity index (χ1) is 21.7. The molecule has 4 amide bonds. The molecule has 9 N–H and O–H groups in total. The van der Waals surface area contributed by atoms with Crippen molar-refractivity contribution in [3.8, 4) is 0 Å². The molecule has 6 unspecified atom stereocenters. The van der Waals surface area contributed by atoms with Gasteiger partial charge in [0, 0.05) is 19.3 Å². The van der Waals surface area contributed by atoms with Crippen LogP contribution in [0.1, 0.15) is 44.7 Å². The third kappa shape index (κ3) is 12.3. The van der Waals surface area contributed by atoms with Crippen molar-refractivity contribution in [3.05, 3.63) is 71.8 Å². The largest absolute Gasteiger partial charge is 0.481 e. The smallest absolute Gasteiger partial charge is 0.328 e. The van der Waals surface area contributed by atoms with Crippen molar-refractivity contribution in [2.24, 2.45) is 11.7 Å². The molecular formula is C32H43N5O9. The summed E-state index contributed by atoms with van der Waals surface area (Å²) < 4.78 is 0. The first-order valence-corrected chi connectivity index (χ1v) is 14.9. The number of aliphatic hydroxyl groups is 1. The number of hydrogen-bond donors (Lipinski definition) is 8. The third-order valence-corrected chi connectivity index (χ3v) is 7.18. The Balaban J connectivity index is 2.40. The molecule has 2 rings (SSSR count). The number of carboxylic acid groups (broad SMARTS) is 2. The summed E-state index contributed by atoms with van der Waals surface area (Å²) in [4.78, 5) is 76.2. The summed E-state index contributed by atoms with van der Waals surface area (Å²) in [7, 11) is 0. The van der Waals surface area contributed by atoms with Crippen molar-refractivity contribution < 1.29 is 44.1 Å². The number of carbonyl (C=O) groups excluding carboxylic acids is 4. The van der Waals surface area contributed by atoms with Crippen LogP contribution in [0.5, 0.6) is 0 Å². The maximum atomic E-state index is 13.8. The van der Waals surface area contributed by atoms with Gasteiger partial charge in [0.1, 0.15) is 18.1 Å². The van der Waals surface area contributed by atoms with E-state index >= 15 is 0 Å². The Hall–Kier alpha value is -4.82. The summed E-state index contributed by atoms with van der Waals surface area (Å²) in [5, 5.41) is 38.5. The van der Waals surface area contributed by atoms with E-state index in [9.17, 15) is 44.1 Å². The molecule has 0 saturated carbocycles. The van der Waals surface area contributed by atoms with Crippen molar-refractivity contribution in [1.82, 2.24) is 21.3 Å². The molecule has 0 aliphatic heterocycles. The first kappa shape index (κ1) is 37.4. The van der Waals surface area contributed by atoms with Gasteiger partial charge in [-0.2, -0.15) is 0 Å². The Morgan fingerprint density at radius 2 is 1.07 bits per heavy atom. The number of rotatable bonds is 18. The van der Waals surface area contributed by atoms with Gasteiger partial charge in [0.2, 0.25) is 23.6 Å². The molecule has 0 bridgehead atoms. The van der Waals surface area contributed by atoms with E-state index in [4.69, 9.17) is 5.73 Å². The number of nitrogens with one attached hydrogen (secondary N) is 4. The van der Waals surface area contributed by atoms with Gasteiger partial charge in [0.05, 0.1) is 12.1 Å². The quantitative estimate of drug-likeness (QED) is 0.106. The molecule has 0 saturated heterocycles. The Kier molecular flexibility index (Phi) is 14.8. The average molecular weight is 642 g/mol. The van der Waals surface area contributed by atoms with Crippen LogP contribution in [0.25, 0.3) is 0 Å². The fraction of sp³-hybridized carbons (Fsp3) is 0.438. The maximum absolute atomic E-state index is 13.8. The number of benzene rings is 2. The summed E-state index contributed by atoms with van der Waals surface area (Å²) in [6.07, 6.45) is -2.29. The second-order valence-electron chi connectivity index (χ2n) is 11.3. The van der Waals surface area contributed by atoms with Crippen LogP contribution in [0.2, 0.25) is 0 Å². The summed E-state index contributed by atoms with van der Waals surface area (Å²) in [5.41, 5.74) is 7.19. The van der Waals surface area contributed by atoms with Crippen LogP contribution >= 0.6 is 0 Å². The second kappa shape index (κ2) is 18.2. The van der Waals surface area contributed by atoms with Gasteiger partial charge in [0.15, 0.2) is 6.04 Å². The average Bonchev–Trinajstić information content (AvgIpc) is 3.00. The Labute approximate surface area is 267 Å². The fourth-order valence-electron chi connectivity index (χ4n) is 4.41. The molecule has 250 valence electrons. The molecule has 0 spiro atoms. The molecule has 2 aromatic carbocycles. The third-order valence-electron chi connectivity index (χ3n) is 7.18. The van der Waals surface area contributed by atoms with Gasteiger partial charge in [-0.25, -0.2) is 4.79 Å². The molecule has 6 atom stereocenters. The van der Waals surface area contributed by atoms with Crippen LogP contribution in [0.3, 0.4) is 0 Å². The minimum atomic E-state index is -1.65. The number of hydrogen-bond acceptors (Lipinski definition) is 8. The molecule has 0 radical (unpaired) electrons. The minimum Gasteiger partial charge on any atom is -0.481 e. The lowest BCUT2D eigenvalue weighted by Crippen LogP contribution is -2.60. The monoisotopic (exact) mass is 641 g/mol. The molecule has 0 aliphatic carbocycles. The highest BCUT2D eigenvalue weighted by atomic mass is 16.4. The number of aliphatic hydroxyl groups excluding tert-OH is 1. The standard InChI is InChI=1S/C32H43N5O9/c1-18(2)26(33)31(44)34-22(14-15-25(39)40)28(41)35-23(16-20-10-6-4-7-11-20)29(42)36-24(17-21-12-8-5-9-13-21)30(43)37-27(19(3)38)32(45)46/h4-13,18-19,22-24,26-27,38H,14-17,33H2,1-3H3,(H,34,44)(H,35,41)(H,36,42)(H,37,43)(H,39,40)(H,45,46). The molecule has 0 heterocycles. The number of carbonyl (C=O) groups is 6. The van der Waals surface area contributed by atoms with Crippen LogP contribution in [-0.2, 0) is 41.6 Å². The van der Waals surface area contributed by atoms with E-state index in [-0.39, 0.29) is 25.2 Å². The van der Waals surface area contributed by atoms with Crippen LogP contribution in [0.4, 0.5) is 0 Å². The number of nitrogens with two attached hydrogens (primary N) is 1. The maximum Gasteiger partial charge on any atom is 0.328 e. The Bertz CT molecular complexity index is 1340. The lowest BCUT2D eigenvalue weighted by Gasteiger charge is -2.27. The lowest BCUT2D eigenvalue weighted by atomic mass is 10.0. The van der Waals surface area contributed by atoms with E-state index < -0.39 is 78.3 Å². The van der Waals surface area contributed by atoms with Crippen molar-refractivity contribution in [3.63, 3.8) is 0 Å². The molecule has 0 aliphatic rings. The zero-order valence-corrected chi connectivity index (χ0v) is 26.0. The topological polar surface area (TPSA) is 237 Å². The van der Waals surface area contributed by atoms with Gasteiger partial charge in [-0.15, -0.1) is 0 Å². The summed E-state index contributed by atoms with van der Waals surface area (Å²) in [6, 6.07) is 10.6. The predicted octanol–water partition coefficient (Wildman–Crippen LogP) is -0.275. The highest BCUT2D eigenvalue weighted by Crippen LogP contribution is 2.10. The molecular weight excluding hydrogens is 598 g/mol. The Morgan fingerprint density at radius 1 is 0.652 bits per heavy atom. The van der Waals surface area contributed by atoms with Crippen LogP contribution in [-0.4, -0.2) is 87.2 Å². The molecule has 14 nitrogen and oxygen atoms in total. The number of carboxylic acids is 2. The van der Waals surface area contributed by atoms with Crippen LogP contribution < -0.4 is 27.0 Å². The normalized spacial score (nSPS) is 14.9. The molecule has 0 fully saturated rings. The predicted molar refractivity (Wildman–Crippen MR) is 167 cm³/mol. The van der Waals surface area contributed by atoms with Crippen molar-refractivity contribution >= 4 is 35.6 Å². The van der Waals surface area contributed by atoms with E-state index in [1.165, 1.54) is 6.92 Å². The van der Waals surface area contributed by atoms with E-state index in [0.29, 0.717) is 11.1 Å². The van der Waals surface area contributed by atoms with Gasteiger partial charge in [-0.3, -0.25) is 24.0 Å². The fourth-order valence-corrected chi connectivity index (χ4v) is 4.41. The van der Waals surface area contributed by atoms with Crippen LogP contribution in [0, 0.1) is 5.92 Å². The summed E-state index contributed by atoms with van der Waals surface area (Å²) in [5.74, 6) is -6.16. The van der Waals surface area contributed by atoms with Crippen molar-refractivity contribution in [2.45, 2.75) is 82.8 Å².